The van der Waals surface area contributed by atoms with Crippen molar-refractivity contribution in [2.45, 2.75) is 39.2 Å². The van der Waals surface area contributed by atoms with Crippen molar-refractivity contribution in [3.63, 3.8) is 0 Å². The number of carboxylic acids is 1. The number of carbonyl (C=O) groups excluding carboxylic acids is 1. The second-order valence-electron chi connectivity index (χ2n) is 4.97. The summed E-state index contributed by atoms with van der Waals surface area (Å²) in [4.78, 5) is 27.4. The Morgan fingerprint density at radius 1 is 1.43 bits per heavy atom. The van der Waals surface area contributed by atoms with Gasteiger partial charge >= 0.3 is 5.97 Å². The molecular weight excluding hydrogens is 288 g/mol. The summed E-state index contributed by atoms with van der Waals surface area (Å²) in [6.07, 6.45) is 1.42. The van der Waals surface area contributed by atoms with Crippen molar-refractivity contribution in [3.05, 3.63) is 28.8 Å². The molecule has 112 valence electrons. The van der Waals surface area contributed by atoms with Crippen LogP contribution >= 0.6 is 11.3 Å². The Balaban J connectivity index is 2.14. The van der Waals surface area contributed by atoms with Crippen LogP contribution in [0.25, 0.3) is 10.2 Å². The van der Waals surface area contributed by atoms with Gasteiger partial charge in [-0.1, -0.05) is 13.3 Å². The summed E-state index contributed by atoms with van der Waals surface area (Å²) >= 11 is 1.54. The molecule has 0 bridgehead atoms. The fraction of sp³-hybridized carbons (Fsp3) is 0.400. The molecule has 2 N–H and O–H groups in total. The molecule has 0 aliphatic carbocycles. The lowest BCUT2D eigenvalue weighted by atomic mass is 10.1. The lowest BCUT2D eigenvalue weighted by Gasteiger charge is -2.16. The number of hydrogen-bond acceptors (Lipinski definition) is 4. The van der Waals surface area contributed by atoms with Crippen molar-refractivity contribution in [2.75, 3.05) is 0 Å². The Kier molecular flexibility index (Phi) is 4.90. The molecule has 1 aromatic carbocycles. The van der Waals surface area contributed by atoms with Crippen molar-refractivity contribution < 1.29 is 14.7 Å². The summed E-state index contributed by atoms with van der Waals surface area (Å²) in [6.45, 7) is 3.89. The monoisotopic (exact) mass is 306 g/mol. The standard InChI is InChI=1S/C15H18N2O3S/c1-3-4-11(8-14(18)19)17-15(20)10-5-6-12-13(7-10)21-9(2)16-12/h5-7,11H,3-4,8H2,1-2H3,(H,17,20)(H,18,19). The number of aryl methyl sites for hydroxylation is 1. The summed E-state index contributed by atoms with van der Waals surface area (Å²) in [5.41, 5.74) is 1.42. The van der Waals surface area contributed by atoms with Crippen LogP contribution < -0.4 is 5.32 Å². The average molecular weight is 306 g/mol. The Hall–Kier alpha value is -1.95. The number of amides is 1. The van der Waals surface area contributed by atoms with E-state index in [-0.39, 0.29) is 18.4 Å². The fourth-order valence-electron chi connectivity index (χ4n) is 2.23. The predicted octanol–water partition coefficient (Wildman–Crippen LogP) is 2.98. The minimum Gasteiger partial charge on any atom is -0.481 e. The highest BCUT2D eigenvalue weighted by Crippen LogP contribution is 2.22. The Morgan fingerprint density at radius 3 is 2.86 bits per heavy atom. The van der Waals surface area contributed by atoms with E-state index in [1.807, 2.05) is 19.9 Å². The SMILES string of the molecule is CCCC(CC(=O)O)NC(=O)c1ccc2nc(C)sc2c1. The smallest absolute Gasteiger partial charge is 0.305 e. The topological polar surface area (TPSA) is 79.3 Å². The molecule has 1 heterocycles. The third kappa shape index (κ3) is 4.01. The zero-order chi connectivity index (χ0) is 15.4. The van der Waals surface area contributed by atoms with Crippen LogP contribution in [0.5, 0.6) is 0 Å². The molecule has 1 amide bonds. The minimum atomic E-state index is -0.901. The van der Waals surface area contributed by atoms with E-state index in [2.05, 4.69) is 10.3 Å². The predicted molar refractivity (Wildman–Crippen MR) is 82.8 cm³/mol. The average Bonchev–Trinajstić information content (AvgIpc) is 2.77. The molecule has 1 unspecified atom stereocenters. The first-order valence-electron chi connectivity index (χ1n) is 6.89. The van der Waals surface area contributed by atoms with E-state index in [0.29, 0.717) is 12.0 Å². The number of aliphatic carboxylic acids is 1. The highest BCUT2D eigenvalue weighted by atomic mass is 32.1. The third-order valence-corrected chi connectivity index (χ3v) is 4.08. The van der Waals surface area contributed by atoms with Crippen molar-refractivity contribution in [1.82, 2.24) is 10.3 Å². The molecule has 0 aliphatic heterocycles. The van der Waals surface area contributed by atoms with Gasteiger partial charge < -0.3 is 10.4 Å². The lowest BCUT2D eigenvalue weighted by molar-refractivity contribution is -0.137. The minimum absolute atomic E-state index is 0.0541. The van der Waals surface area contributed by atoms with Gasteiger partial charge in [0.25, 0.3) is 5.91 Å². The maximum absolute atomic E-state index is 12.2. The van der Waals surface area contributed by atoms with Crippen LogP contribution in [0.15, 0.2) is 18.2 Å². The highest BCUT2D eigenvalue weighted by molar-refractivity contribution is 7.18. The molecule has 0 aliphatic rings. The van der Waals surface area contributed by atoms with Crippen LogP contribution in [0.1, 0.15) is 41.6 Å². The van der Waals surface area contributed by atoms with Crippen LogP contribution in [0, 0.1) is 6.92 Å². The van der Waals surface area contributed by atoms with Crippen LogP contribution in [0.2, 0.25) is 0 Å². The van der Waals surface area contributed by atoms with Crippen LogP contribution in [-0.4, -0.2) is 28.0 Å². The molecule has 2 rings (SSSR count). The van der Waals surface area contributed by atoms with Crippen LogP contribution in [-0.2, 0) is 4.79 Å². The summed E-state index contributed by atoms with van der Waals surface area (Å²) in [6, 6.07) is 5.01. The fourth-order valence-corrected chi connectivity index (χ4v) is 3.10. The van der Waals surface area contributed by atoms with E-state index in [4.69, 9.17) is 5.11 Å². The van der Waals surface area contributed by atoms with E-state index in [1.165, 1.54) is 11.3 Å². The van der Waals surface area contributed by atoms with Gasteiger partial charge in [0.2, 0.25) is 0 Å². The van der Waals surface area contributed by atoms with Crippen molar-refractivity contribution in [1.29, 1.82) is 0 Å². The number of nitrogens with one attached hydrogen (secondary N) is 1. The van der Waals surface area contributed by atoms with Gasteiger partial charge in [-0.2, -0.15) is 0 Å². The number of carboxylic acid groups (broad SMARTS) is 1. The summed E-state index contributed by atoms with van der Waals surface area (Å²) in [5.74, 6) is -1.13. The number of hydrogen-bond donors (Lipinski definition) is 2. The van der Waals surface area contributed by atoms with E-state index in [0.717, 1.165) is 21.6 Å². The third-order valence-electron chi connectivity index (χ3n) is 3.15. The number of aromatic nitrogens is 1. The highest BCUT2D eigenvalue weighted by Gasteiger charge is 2.16. The maximum atomic E-state index is 12.2. The number of benzene rings is 1. The van der Waals surface area contributed by atoms with Gasteiger partial charge in [0.05, 0.1) is 21.6 Å². The Morgan fingerprint density at radius 2 is 2.19 bits per heavy atom. The van der Waals surface area contributed by atoms with E-state index in [9.17, 15) is 9.59 Å². The number of fused-ring (bicyclic) bond motifs is 1. The summed E-state index contributed by atoms with van der Waals surface area (Å²) in [5, 5.41) is 12.6. The van der Waals surface area contributed by atoms with Gasteiger partial charge in [0.1, 0.15) is 0 Å². The largest absolute Gasteiger partial charge is 0.481 e. The first kappa shape index (κ1) is 15.4. The number of nitrogens with zero attached hydrogens (tertiary/aromatic N) is 1. The van der Waals surface area contributed by atoms with Crippen molar-refractivity contribution in [2.24, 2.45) is 0 Å². The molecule has 5 nitrogen and oxygen atoms in total. The zero-order valence-electron chi connectivity index (χ0n) is 12.0. The number of rotatable bonds is 6. The molecular formula is C15H18N2O3S. The van der Waals surface area contributed by atoms with E-state index in [1.54, 1.807) is 12.1 Å². The molecule has 1 atom stereocenters. The lowest BCUT2D eigenvalue weighted by Crippen LogP contribution is -2.36. The summed E-state index contributed by atoms with van der Waals surface area (Å²) in [7, 11) is 0. The second-order valence-corrected chi connectivity index (χ2v) is 6.21. The molecule has 6 heteroatoms. The van der Waals surface area contributed by atoms with Gasteiger partial charge in [0.15, 0.2) is 0 Å². The van der Waals surface area contributed by atoms with Gasteiger partial charge in [-0.15, -0.1) is 11.3 Å². The van der Waals surface area contributed by atoms with Crippen LogP contribution in [0.4, 0.5) is 0 Å². The Bertz CT molecular complexity index is 666. The first-order valence-corrected chi connectivity index (χ1v) is 7.71. The van der Waals surface area contributed by atoms with Crippen molar-refractivity contribution in [3.8, 4) is 0 Å². The van der Waals surface area contributed by atoms with Crippen LogP contribution in [0.3, 0.4) is 0 Å². The molecule has 0 radical (unpaired) electrons. The molecule has 2 aromatic rings. The van der Waals surface area contributed by atoms with E-state index >= 15 is 0 Å². The molecule has 0 fully saturated rings. The Labute approximate surface area is 127 Å². The molecule has 21 heavy (non-hydrogen) atoms. The van der Waals surface area contributed by atoms with E-state index < -0.39 is 5.97 Å². The second kappa shape index (κ2) is 6.67. The molecule has 0 spiro atoms. The van der Waals surface area contributed by atoms with Gasteiger partial charge in [0, 0.05) is 11.6 Å². The van der Waals surface area contributed by atoms with Gasteiger partial charge in [-0.05, 0) is 31.5 Å². The molecule has 1 aromatic heterocycles. The number of thiazole rings is 1. The molecule has 0 saturated carbocycles. The zero-order valence-corrected chi connectivity index (χ0v) is 12.9. The van der Waals surface area contributed by atoms with Gasteiger partial charge in [-0.3, -0.25) is 9.59 Å². The summed E-state index contributed by atoms with van der Waals surface area (Å²) < 4.78 is 0.963. The van der Waals surface area contributed by atoms with Gasteiger partial charge in [-0.25, -0.2) is 4.98 Å². The van der Waals surface area contributed by atoms with Crippen molar-refractivity contribution >= 4 is 33.4 Å². The normalized spacial score (nSPS) is 12.3. The first-order chi connectivity index (χ1) is 9.99. The number of carbonyl (C=O) groups is 2. The molecule has 0 saturated heterocycles. The maximum Gasteiger partial charge on any atom is 0.305 e. The quantitative estimate of drug-likeness (QED) is 0.860.